The van der Waals surface area contributed by atoms with Gasteiger partial charge in [0.05, 0.1) is 11.0 Å². The first-order valence-electron chi connectivity index (χ1n) is 5.98. The molecule has 1 aliphatic heterocycles. The summed E-state index contributed by atoms with van der Waals surface area (Å²) in [5, 5.41) is 14.1. The van der Waals surface area contributed by atoms with E-state index in [0.29, 0.717) is 5.69 Å². The number of anilines is 1. The summed E-state index contributed by atoms with van der Waals surface area (Å²) in [5.74, 6) is -0.574. The van der Waals surface area contributed by atoms with Crippen molar-refractivity contribution in [2.24, 2.45) is 0 Å². The smallest absolute Gasteiger partial charge is 0.295 e. The summed E-state index contributed by atoms with van der Waals surface area (Å²) in [6.07, 6.45) is 2.00. The van der Waals surface area contributed by atoms with Gasteiger partial charge in [-0.15, -0.1) is 0 Å². The van der Waals surface area contributed by atoms with E-state index >= 15 is 0 Å². The van der Waals surface area contributed by atoms with E-state index in [1.54, 1.807) is 0 Å². The second-order valence-corrected chi connectivity index (χ2v) is 4.44. The van der Waals surface area contributed by atoms with E-state index in [1.165, 1.54) is 12.1 Å². The molecule has 1 aromatic carbocycles. The van der Waals surface area contributed by atoms with Crippen molar-refractivity contribution in [3.05, 3.63) is 34.1 Å². The van der Waals surface area contributed by atoms with E-state index in [-0.39, 0.29) is 11.7 Å². The molecule has 1 unspecified atom stereocenters. The Balaban J connectivity index is 2.34. The van der Waals surface area contributed by atoms with Crippen LogP contribution in [0.4, 0.5) is 15.8 Å². The standard InChI is InChI=1S/C12H16FN3O2/c1-14-8-10-3-2-6-15(10)11-5-4-9(13)7-12(11)16(17)18/h4-5,7,10,14H,2-3,6,8H2,1H3. The number of nitro groups is 1. The molecule has 98 valence electrons. The van der Waals surface area contributed by atoms with Gasteiger partial charge in [-0.3, -0.25) is 10.1 Å². The molecule has 1 atom stereocenters. The molecule has 1 saturated heterocycles. The molecule has 0 aromatic heterocycles. The van der Waals surface area contributed by atoms with Gasteiger partial charge >= 0.3 is 0 Å². The van der Waals surface area contributed by atoms with Crippen LogP contribution in [0.15, 0.2) is 18.2 Å². The van der Waals surface area contributed by atoms with Gasteiger partial charge in [0.1, 0.15) is 11.5 Å². The lowest BCUT2D eigenvalue weighted by Crippen LogP contribution is -2.37. The highest BCUT2D eigenvalue weighted by Gasteiger charge is 2.29. The summed E-state index contributed by atoms with van der Waals surface area (Å²) < 4.78 is 13.1. The second kappa shape index (κ2) is 5.30. The van der Waals surface area contributed by atoms with Crippen LogP contribution in [-0.4, -0.2) is 31.1 Å². The summed E-state index contributed by atoms with van der Waals surface area (Å²) in [5.41, 5.74) is 0.358. The number of halogens is 1. The molecule has 6 heteroatoms. The Labute approximate surface area is 105 Å². The maximum Gasteiger partial charge on any atom is 0.295 e. The fraction of sp³-hybridized carbons (Fsp3) is 0.500. The highest BCUT2D eigenvalue weighted by molar-refractivity contribution is 5.64. The monoisotopic (exact) mass is 253 g/mol. The normalized spacial score (nSPS) is 19.2. The fourth-order valence-electron chi connectivity index (χ4n) is 2.49. The molecule has 2 rings (SSSR count). The zero-order chi connectivity index (χ0) is 13.1. The fourth-order valence-corrected chi connectivity index (χ4v) is 2.49. The molecule has 0 amide bonds. The molecule has 1 fully saturated rings. The molecular formula is C12H16FN3O2. The molecule has 0 spiro atoms. The molecule has 1 N–H and O–H groups in total. The van der Waals surface area contributed by atoms with Crippen molar-refractivity contribution in [2.75, 3.05) is 25.0 Å². The lowest BCUT2D eigenvalue weighted by Gasteiger charge is -2.26. The number of hydrogen-bond acceptors (Lipinski definition) is 4. The van der Waals surface area contributed by atoms with Crippen molar-refractivity contribution in [2.45, 2.75) is 18.9 Å². The lowest BCUT2D eigenvalue weighted by atomic mass is 10.2. The van der Waals surface area contributed by atoms with E-state index in [4.69, 9.17) is 0 Å². The van der Waals surface area contributed by atoms with E-state index in [1.807, 2.05) is 11.9 Å². The third-order valence-electron chi connectivity index (χ3n) is 3.26. The van der Waals surface area contributed by atoms with Gasteiger partial charge in [0.25, 0.3) is 5.69 Å². The first kappa shape index (κ1) is 12.8. The van der Waals surface area contributed by atoms with Crippen molar-refractivity contribution in [1.29, 1.82) is 0 Å². The number of likely N-dealkylation sites (N-methyl/N-ethyl adjacent to an activating group) is 1. The minimum absolute atomic E-state index is 0.155. The highest BCUT2D eigenvalue weighted by Crippen LogP contribution is 2.33. The molecule has 0 saturated carbocycles. The van der Waals surface area contributed by atoms with Gasteiger partial charge in [-0.25, -0.2) is 4.39 Å². The summed E-state index contributed by atoms with van der Waals surface area (Å²) >= 11 is 0. The molecule has 1 aromatic rings. The van der Waals surface area contributed by atoms with Crippen molar-refractivity contribution in [3.63, 3.8) is 0 Å². The van der Waals surface area contributed by atoms with Crippen LogP contribution >= 0.6 is 0 Å². The van der Waals surface area contributed by atoms with Crippen LogP contribution in [0.3, 0.4) is 0 Å². The van der Waals surface area contributed by atoms with Crippen LogP contribution in [0.2, 0.25) is 0 Å². The first-order valence-corrected chi connectivity index (χ1v) is 5.98. The van der Waals surface area contributed by atoms with Crippen molar-refractivity contribution < 1.29 is 9.31 Å². The van der Waals surface area contributed by atoms with Crippen molar-refractivity contribution in [3.8, 4) is 0 Å². The average molecular weight is 253 g/mol. The van der Waals surface area contributed by atoms with Crippen LogP contribution in [-0.2, 0) is 0 Å². The zero-order valence-electron chi connectivity index (χ0n) is 10.2. The number of nitrogens with one attached hydrogen (secondary N) is 1. The SMILES string of the molecule is CNCC1CCCN1c1ccc(F)cc1[N+](=O)[O-]. The second-order valence-electron chi connectivity index (χ2n) is 4.44. The van der Waals surface area contributed by atoms with E-state index in [9.17, 15) is 14.5 Å². The third-order valence-corrected chi connectivity index (χ3v) is 3.26. The summed E-state index contributed by atoms with van der Waals surface area (Å²) in [4.78, 5) is 12.5. The molecule has 5 nitrogen and oxygen atoms in total. The van der Waals surface area contributed by atoms with Crippen LogP contribution in [0.5, 0.6) is 0 Å². The largest absolute Gasteiger partial charge is 0.362 e. The van der Waals surface area contributed by atoms with Crippen LogP contribution in [0, 0.1) is 15.9 Å². The zero-order valence-corrected chi connectivity index (χ0v) is 10.2. The average Bonchev–Trinajstić information content (AvgIpc) is 2.77. The topological polar surface area (TPSA) is 58.4 Å². The van der Waals surface area contributed by atoms with Gasteiger partial charge < -0.3 is 10.2 Å². The molecule has 0 radical (unpaired) electrons. The van der Waals surface area contributed by atoms with Gasteiger partial charge in [-0.2, -0.15) is 0 Å². The minimum Gasteiger partial charge on any atom is -0.362 e. The van der Waals surface area contributed by atoms with Crippen LogP contribution < -0.4 is 10.2 Å². The van der Waals surface area contributed by atoms with Crippen LogP contribution in [0.25, 0.3) is 0 Å². The van der Waals surface area contributed by atoms with Gasteiger partial charge in [-0.05, 0) is 32.0 Å². The van der Waals surface area contributed by atoms with E-state index < -0.39 is 10.7 Å². The Morgan fingerprint density at radius 2 is 2.39 bits per heavy atom. The highest BCUT2D eigenvalue weighted by atomic mass is 19.1. The number of nitro benzene ring substituents is 1. The molecule has 1 heterocycles. The number of rotatable bonds is 4. The first-order chi connectivity index (χ1) is 8.63. The van der Waals surface area contributed by atoms with Crippen LogP contribution in [0.1, 0.15) is 12.8 Å². The summed E-state index contributed by atoms with van der Waals surface area (Å²) in [6, 6.07) is 4.00. The Kier molecular flexibility index (Phi) is 3.76. The molecule has 0 aliphatic carbocycles. The Morgan fingerprint density at radius 1 is 1.61 bits per heavy atom. The summed E-state index contributed by atoms with van der Waals surface area (Å²) in [6.45, 7) is 1.55. The van der Waals surface area contributed by atoms with Crippen molar-refractivity contribution >= 4 is 11.4 Å². The molecular weight excluding hydrogens is 237 g/mol. The quantitative estimate of drug-likeness (QED) is 0.658. The van der Waals surface area contributed by atoms with Gasteiger partial charge in [-0.1, -0.05) is 0 Å². The van der Waals surface area contributed by atoms with Gasteiger partial charge in [0.15, 0.2) is 0 Å². The van der Waals surface area contributed by atoms with Gasteiger partial charge in [0, 0.05) is 19.1 Å². The predicted molar refractivity (Wildman–Crippen MR) is 67.3 cm³/mol. The molecule has 1 aliphatic rings. The van der Waals surface area contributed by atoms with E-state index in [2.05, 4.69) is 5.32 Å². The number of benzene rings is 1. The molecule has 0 bridgehead atoms. The Morgan fingerprint density at radius 3 is 3.06 bits per heavy atom. The van der Waals surface area contributed by atoms with Gasteiger partial charge in [0.2, 0.25) is 0 Å². The minimum atomic E-state index is -0.574. The Bertz CT molecular complexity index is 453. The number of nitrogens with zero attached hydrogens (tertiary/aromatic N) is 2. The van der Waals surface area contributed by atoms with Crippen molar-refractivity contribution in [1.82, 2.24) is 5.32 Å². The lowest BCUT2D eigenvalue weighted by molar-refractivity contribution is -0.384. The maximum absolute atomic E-state index is 13.1. The Hall–Kier alpha value is -1.69. The third kappa shape index (κ3) is 2.43. The molecule has 18 heavy (non-hydrogen) atoms. The number of hydrogen-bond donors (Lipinski definition) is 1. The maximum atomic E-state index is 13.1. The summed E-state index contributed by atoms with van der Waals surface area (Å²) in [7, 11) is 1.86. The van der Waals surface area contributed by atoms with E-state index in [0.717, 1.165) is 32.0 Å². The predicted octanol–water partition coefficient (Wildman–Crippen LogP) is 1.92.